The maximum atomic E-state index is 3.38. The van der Waals surface area contributed by atoms with Crippen LogP contribution in [0.5, 0.6) is 0 Å². The van der Waals surface area contributed by atoms with Gasteiger partial charge in [-0.15, -0.1) is 0 Å². The molecule has 1 heterocycles. The molecule has 1 aliphatic rings. The van der Waals surface area contributed by atoms with Gasteiger partial charge in [-0.2, -0.15) is 0 Å². The Morgan fingerprint density at radius 3 is 2.61 bits per heavy atom. The second-order valence-electron chi connectivity index (χ2n) is 5.85. The molecule has 0 aliphatic heterocycles. The fourth-order valence-electron chi connectivity index (χ4n) is 3.36. The molecule has 0 atom stereocenters. The molecular weight excluding hydrogens is 220 g/mol. The Hall–Kier alpha value is -1.28. The van der Waals surface area contributed by atoms with Crippen LogP contribution in [0.1, 0.15) is 29.7 Å². The highest BCUT2D eigenvalue weighted by molar-refractivity contribution is 5.88. The van der Waals surface area contributed by atoms with Gasteiger partial charge >= 0.3 is 0 Å². The van der Waals surface area contributed by atoms with E-state index in [0.29, 0.717) is 5.41 Å². The van der Waals surface area contributed by atoms with E-state index in [0.717, 1.165) is 6.54 Å². The summed E-state index contributed by atoms with van der Waals surface area (Å²) in [5.41, 5.74) is 6.14. The summed E-state index contributed by atoms with van der Waals surface area (Å²) in [6.45, 7) is 5.55. The standard InChI is InChI=1S/C16H22N2/c1-11-5-6-14-13(9-11)15(12(2)18(14)4)16(7-8-16)10-17-3/h5-6,9,17H,7-8,10H2,1-4H3. The number of aryl methyl sites for hydroxylation is 2. The highest BCUT2D eigenvalue weighted by atomic mass is 15.0. The van der Waals surface area contributed by atoms with Gasteiger partial charge in [-0.05, 0) is 51.4 Å². The average Bonchev–Trinajstić information content (AvgIpc) is 3.04. The molecule has 1 aromatic heterocycles. The molecule has 2 aromatic rings. The Balaban J connectivity index is 2.28. The third-order valence-electron chi connectivity index (χ3n) is 4.55. The third kappa shape index (κ3) is 1.52. The number of benzene rings is 1. The Kier molecular flexibility index (Phi) is 2.53. The van der Waals surface area contributed by atoms with E-state index < -0.39 is 0 Å². The van der Waals surface area contributed by atoms with Crippen LogP contribution in [-0.4, -0.2) is 18.2 Å². The molecule has 18 heavy (non-hydrogen) atoms. The number of fused-ring (bicyclic) bond motifs is 1. The van der Waals surface area contributed by atoms with E-state index in [2.05, 4.69) is 56.0 Å². The second-order valence-corrected chi connectivity index (χ2v) is 5.85. The van der Waals surface area contributed by atoms with Gasteiger partial charge in [0.25, 0.3) is 0 Å². The largest absolute Gasteiger partial charge is 0.348 e. The number of rotatable bonds is 3. The molecule has 2 heteroatoms. The normalized spacial score (nSPS) is 17.3. The minimum absolute atomic E-state index is 0.395. The minimum atomic E-state index is 0.395. The third-order valence-corrected chi connectivity index (χ3v) is 4.55. The van der Waals surface area contributed by atoms with Crippen molar-refractivity contribution in [3.63, 3.8) is 0 Å². The molecule has 1 saturated carbocycles. The van der Waals surface area contributed by atoms with E-state index in [-0.39, 0.29) is 0 Å². The zero-order chi connectivity index (χ0) is 12.9. The van der Waals surface area contributed by atoms with Gasteiger partial charge in [0.1, 0.15) is 0 Å². The van der Waals surface area contributed by atoms with E-state index in [1.54, 1.807) is 5.56 Å². The van der Waals surface area contributed by atoms with E-state index in [1.165, 1.54) is 35.0 Å². The van der Waals surface area contributed by atoms with Gasteiger partial charge in [0.15, 0.2) is 0 Å². The summed E-state index contributed by atoms with van der Waals surface area (Å²) in [4.78, 5) is 0. The summed E-state index contributed by atoms with van der Waals surface area (Å²) in [7, 11) is 4.25. The molecule has 0 unspecified atom stereocenters. The van der Waals surface area contributed by atoms with Crippen molar-refractivity contribution in [1.29, 1.82) is 0 Å². The van der Waals surface area contributed by atoms with Crippen LogP contribution in [0.25, 0.3) is 10.9 Å². The first-order chi connectivity index (χ1) is 8.59. The van der Waals surface area contributed by atoms with Crippen molar-refractivity contribution < 1.29 is 0 Å². The van der Waals surface area contributed by atoms with Crippen LogP contribution in [-0.2, 0) is 12.5 Å². The van der Waals surface area contributed by atoms with Crippen LogP contribution in [0.3, 0.4) is 0 Å². The monoisotopic (exact) mass is 242 g/mol. The highest BCUT2D eigenvalue weighted by Crippen LogP contribution is 2.51. The summed E-state index contributed by atoms with van der Waals surface area (Å²) in [6, 6.07) is 6.83. The predicted octanol–water partition coefficient (Wildman–Crippen LogP) is 3.05. The SMILES string of the molecule is CNCC1(c2c(C)n(C)c3ccc(C)cc23)CC1. The number of likely N-dealkylation sites (N-methyl/N-ethyl adjacent to an activating group) is 1. The van der Waals surface area contributed by atoms with Crippen molar-refractivity contribution in [2.24, 2.45) is 7.05 Å². The first kappa shape index (κ1) is 11.8. The number of nitrogens with zero attached hydrogens (tertiary/aromatic N) is 1. The maximum Gasteiger partial charge on any atom is 0.0483 e. The van der Waals surface area contributed by atoms with Crippen LogP contribution in [0.2, 0.25) is 0 Å². The number of hydrogen-bond donors (Lipinski definition) is 1. The lowest BCUT2D eigenvalue weighted by atomic mass is 9.92. The molecule has 2 nitrogen and oxygen atoms in total. The average molecular weight is 242 g/mol. The lowest BCUT2D eigenvalue weighted by molar-refractivity contribution is 0.621. The van der Waals surface area contributed by atoms with Gasteiger partial charge in [-0.25, -0.2) is 0 Å². The van der Waals surface area contributed by atoms with Gasteiger partial charge in [0.05, 0.1) is 0 Å². The zero-order valence-corrected chi connectivity index (χ0v) is 11.8. The van der Waals surface area contributed by atoms with Crippen molar-refractivity contribution in [3.8, 4) is 0 Å². The van der Waals surface area contributed by atoms with Crippen LogP contribution in [0.15, 0.2) is 18.2 Å². The van der Waals surface area contributed by atoms with E-state index in [4.69, 9.17) is 0 Å². The number of nitrogens with one attached hydrogen (secondary N) is 1. The summed E-state index contributed by atoms with van der Waals surface area (Å²) in [5, 5.41) is 4.84. The molecule has 0 saturated heterocycles. The molecule has 0 bridgehead atoms. The predicted molar refractivity (Wildman–Crippen MR) is 77.2 cm³/mol. The summed E-state index contributed by atoms with van der Waals surface area (Å²) >= 11 is 0. The molecule has 0 amide bonds. The Bertz CT molecular complexity index is 603. The van der Waals surface area contributed by atoms with Crippen molar-refractivity contribution in [2.75, 3.05) is 13.6 Å². The molecule has 0 radical (unpaired) electrons. The van der Waals surface area contributed by atoms with Crippen LogP contribution < -0.4 is 5.32 Å². The smallest absolute Gasteiger partial charge is 0.0483 e. The fraction of sp³-hybridized carbons (Fsp3) is 0.500. The Morgan fingerprint density at radius 1 is 1.28 bits per heavy atom. The minimum Gasteiger partial charge on any atom is -0.348 e. The first-order valence-electron chi connectivity index (χ1n) is 6.80. The lowest BCUT2D eigenvalue weighted by Crippen LogP contribution is -2.24. The van der Waals surface area contributed by atoms with Crippen molar-refractivity contribution in [3.05, 3.63) is 35.0 Å². The maximum absolute atomic E-state index is 3.38. The van der Waals surface area contributed by atoms with Gasteiger partial charge in [0, 0.05) is 35.6 Å². The van der Waals surface area contributed by atoms with Gasteiger partial charge in [-0.1, -0.05) is 11.6 Å². The quantitative estimate of drug-likeness (QED) is 0.875. The summed E-state index contributed by atoms with van der Waals surface area (Å²) in [6.07, 6.45) is 2.64. The van der Waals surface area contributed by atoms with Gasteiger partial charge in [-0.3, -0.25) is 0 Å². The van der Waals surface area contributed by atoms with E-state index >= 15 is 0 Å². The summed E-state index contributed by atoms with van der Waals surface area (Å²) in [5.74, 6) is 0. The number of hydrogen-bond acceptors (Lipinski definition) is 1. The van der Waals surface area contributed by atoms with Crippen molar-refractivity contribution >= 4 is 10.9 Å². The molecule has 0 spiro atoms. The molecule has 1 aromatic carbocycles. The van der Waals surface area contributed by atoms with Gasteiger partial charge < -0.3 is 9.88 Å². The first-order valence-corrected chi connectivity index (χ1v) is 6.80. The van der Waals surface area contributed by atoms with Crippen LogP contribution >= 0.6 is 0 Å². The summed E-state index contributed by atoms with van der Waals surface area (Å²) < 4.78 is 2.35. The van der Waals surface area contributed by atoms with Crippen molar-refractivity contribution in [1.82, 2.24) is 9.88 Å². The van der Waals surface area contributed by atoms with Crippen molar-refractivity contribution in [2.45, 2.75) is 32.1 Å². The van der Waals surface area contributed by atoms with E-state index in [1.807, 2.05) is 0 Å². The number of aromatic nitrogens is 1. The lowest BCUT2D eigenvalue weighted by Gasteiger charge is -2.16. The molecule has 96 valence electrons. The fourth-order valence-corrected chi connectivity index (χ4v) is 3.36. The zero-order valence-electron chi connectivity index (χ0n) is 11.8. The molecule has 1 N–H and O–H groups in total. The van der Waals surface area contributed by atoms with Gasteiger partial charge in [0.2, 0.25) is 0 Å². The van der Waals surface area contributed by atoms with E-state index in [9.17, 15) is 0 Å². The van der Waals surface area contributed by atoms with Crippen LogP contribution in [0.4, 0.5) is 0 Å². The second kappa shape index (κ2) is 3.86. The molecule has 1 aliphatic carbocycles. The molecular formula is C16H22N2. The topological polar surface area (TPSA) is 17.0 Å². The molecule has 3 rings (SSSR count). The van der Waals surface area contributed by atoms with Crippen LogP contribution in [0, 0.1) is 13.8 Å². The Morgan fingerprint density at radius 2 is 2.00 bits per heavy atom. The Labute approximate surface area is 109 Å². The molecule has 1 fully saturated rings. The highest BCUT2D eigenvalue weighted by Gasteiger charge is 2.46.